The van der Waals surface area contributed by atoms with E-state index in [-0.39, 0.29) is 5.41 Å². The first-order valence-electron chi connectivity index (χ1n) is 9.38. The van der Waals surface area contributed by atoms with Crippen molar-refractivity contribution in [2.24, 2.45) is 16.4 Å². The zero-order chi connectivity index (χ0) is 18.0. The number of likely N-dealkylation sites (tertiary alicyclic amines) is 1. The fraction of sp³-hybridized carbons (Fsp3) is 0.650. The van der Waals surface area contributed by atoms with Crippen molar-refractivity contribution >= 4 is 0 Å². The summed E-state index contributed by atoms with van der Waals surface area (Å²) in [5, 5.41) is 13.3. The molecule has 0 amide bonds. The second-order valence-electron chi connectivity index (χ2n) is 7.21. The van der Waals surface area contributed by atoms with Gasteiger partial charge >= 0.3 is 0 Å². The van der Waals surface area contributed by atoms with Crippen molar-refractivity contribution in [2.75, 3.05) is 19.6 Å². The lowest BCUT2D eigenvalue weighted by molar-refractivity contribution is 0.0458. The summed E-state index contributed by atoms with van der Waals surface area (Å²) in [6.07, 6.45) is 5.92. The van der Waals surface area contributed by atoms with E-state index in [9.17, 15) is 5.26 Å². The molecule has 134 valence electrons. The highest BCUT2D eigenvalue weighted by Gasteiger charge is 2.40. The van der Waals surface area contributed by atoms with E-state index >= 15 is 0 Å². The average molecular weight is 339 g/mol. The van der Waals surface area contributed by atoms with E-state index in [4.69, 9.17) is 5.53 Å². The lowest BCUT2D eigenvalue weighted by atomic mass is 9.65. The third-order valence-electron chi connectivity index (χ3n) is 5.67. The van der Waals surface area contributed by atoms with Gasteiger partial charge < -0.3 is 0 Å². The fourth-order valence-electron chi connectivity index (χ4n) is 4.06. The summed E-state index contributed by atoms with van der Waals surface area (Å²) in [4.78, 5) is 5.45. The van der Waals surface area contributed by atoms with Crippen LogP contribution in [0.5, 0.6) is 0 Å². The first-order valence-corrected chi connectivity index (χ1v) is 9.38. The summed E-state index contributed by atoms with van der Waals surface area (Å²) >= 11 is 0. The predicted molar refractivity (Wildman–Crippen MR) is 101 cm³/mol. The Morgan fingerprint density at radius 2 is 2.04 bits per heavy atom. The standard InChI is InChI=1S/C20H29N5/c1-2-3-9-19(16-23-24-22)20(10-13-21)11-14-25(15-12-20)17-18-7-5-4-6-8-18/h4-8,19H,2-3,9-12,14-17H2,1H3. The Morgan fingerprint density at radius 3 is 2.64 bits per heavy atom. The molecule has 0 bridgehead atoms. The van der Waals surface area contributed by atoms with Crippen LogP contribution in [0.15, 0.2) is 35.4 Å². The van der Waals surface area contributed by atoms with Gasteiger partial charge in [0.05, 0.1) is 6.07 Å². The van der Waals surface area contributed by atoms with Gasteiger partial charge in [0.25, 0.3) is 0 Å². The number of hydrogen-bond donors (Lipinski definition) is 0. The molecule has 25 heavy (non-hydrogen) atoms. The molecule has 1 aromatic rings. The molecule has 1 unspecified atom stereocenters. The first-order chi connectivity index (χ1) is 12.2. The molecule has 1 heterocycles. The Bertz CT molecular complexity index is 592. The van der Waals surface area contributed by atoms with Crippen LogP contribution in [0, 0.1) is 22.7 Å². The number of azide groups is 1. The molecule has 1 fully saturated rings. The van der Waals surface area contributed by atoms with Crippen molar-refractivity contribution in [3.05, 3.63) is 46.3 Å². The number of nitrogens with zero attached hydrogens (tertiary/aromatic N) is 5. The van der Waals surface area contributed by atoms with Crippen molar-refractivity contribution in [3.8, 4) is 6.07 Å². The first kappa shape index (κ1) is 19.3. The molecular formula is C20H29N5. The maximum atomic E-state index is 9.42. The maximum absolute atomic E-state index is 9.42. The summed E-state index contributed by atoms with van der Waals surface area (Å²) in [5.41, 5.74) is 10.1. The molecule has 5 nitrogen and oxygen atoms in total. The monoisotopic (exact) mass is 339 g/mol. The van der Waals surface area contributed by atoms with Crippen molar-refractivity contribution in [1.82, 2.24) is 4.90 Å². The van der Waals surface area contributed by atoms with Gasteiger partial charge in [-0.2, -0.15) is 5.26 Å². The number of nitriles is 1. The molecule has 1 aliphatic rings. The molecular weight excluding hydrogens is 310 g/mol. The summed E-state index contributed by atoms with van der Waals surface area (Å²) in [7, 11) is 0. The minimum absolute atomic E-state index is 0.00526. The molecule has 1 aliphatic heterocycles. The third kappa shape index (κ3) is 5.49. The van der Waals surface area contributed by atoms with E-state index in [1.807, 2.05) is 6.07 Å². The summed E-state index contributed by atoms with van der Waals surface area (Å²) in [6.45, 7) is 5.70. The number of piperidine rings is 1. The number of hydrogen-bond acceptors (Lipinski definition) is 3. The summed E-state index contributed by atoms with van der Waals surface area (Å²) in [5.74, 6) is 0.321. The quantitative estimate of drug-likeness (QED) is 0.348. The van der Waals surface area contributed by atoms with Gasteiger partial charge in [-0.15, -0.1) is 0 Å². The molecule has 1 aromatic carbocycles. The molecule has 0 N–H and O–H groups in total. The molecule has 1 saturated heterocycles. The molecule has 0 aliphatic carbocycles. The normalized spacial score (nSPS) is 18.1. The van der Waals surface area contributed by atoms with Crippen LogP contribution in [0.3, 0.4) is 0 Å². The van der Waals surface area contributed by atoms with Gasteiger partial charge in [-0.25, -0.2) is 0 Å². The Morgan fingerprint density at radius 1 is 1.32 bits per heavy atom. The highest BCUT2D eigenvalue weighted by Crippen LogP contribution is 2.44. The van der Waals surface area contributed by atoms with E-state index in [1.54, 1.807) is 0 Å². The highest BCUT2D eigenvalue weighted by atomic mass is 15.1. The van der Waals surface area contributed by atoms with Gasteiger partial charge in [-0.05, 0) is 54.8 Å². The lowest BCUT2D eigenvalue weighted by Crippen LogP contribution is -2.44. The Labute approximate surface area is 151 Å². The Balaban J connectivity index is 2.04. The van der Waals surface area contributed by atoms with Crippen LogP contribution in [-0.2, 0) is 6.54 Å². The van der Waals surface area contributed by atoms with Crippen LogP contribution >= 0.6 is 0 Å². The molecule has 0 spiro atoms. The van der Waals surface area contributed by atoms with Crippen molar-refractivity contribution < 1.29 is 0 Å². The van der Waals surface area contributed by atoms with E-state index in [2.05, 4.69) is 52.2 Å². The van der Waals surface area contributed by atoms with E-state index in [1.165, 1.54) is 5.56 Å². The minimum atomic E-state index is 0.00526. The second-order valence-corrected chi connectivity index (χ2v) is 7.21. The van der Waals surface area contributed by atoms with E-state index in [0.717, 1.165) is 51.7 Å². The fourth-order valence-corrected chi connectivity index (χ4v) is 4.06. The Hall–Kier alpha value is -2.02. The second kappa shape index (κ2) is 10.1. The van der Waals surface area contributed by atoms with Gasteiger partial charge in [-0.3, -0.25) is 4.90 Å². The van der Waals surface area contributed by atoms with Gasteiger partial charge in [0.1, 0.15) is 0 Å². The molecule has 1 atom stereocenters. The van der Waals surface area contributed by atoms with Crippen LogP contribution in [0.4, 0.5) is 0 Å². The third-order valence-corrected chi connectivity index (χ3v) is 5.67. The summed E-state index contributed by atoms with van der Waals surface area (Å²) in [6, 6.07) is 13.0. The molecule has 0 saturated carbocycles. The molecule has 0 aromatic heterocycles. The predicted octanol–water partition coefficient (Wildman–Crippen LogP) is 5.30. The van der Waals surface area contributed by atoms with Crippen molar-refractivity contribution in [3.63, 3.8) is 0 Å². The lowest BCUT2D eigenvalue weighted by Gasteiger charge is -2.45. The van der Waals surface area contributed by atoms with Crippen molar-refractivity contribution in [2.45, 2.75) is 52.0 Å². The van der Waals surface area contributed by atoms with Crippen LogP contribution in [0.1, 0.15) is 51.0 Å². The molecule has 0 radical (unpaired) electrons. The number of benzene rings is 1. The highest BCUT2D eigenvalue weighted by molar-refractivity contribution is 5.14. The SMILES string of the molecule is CCCCC(CN=[N+]=[N-])C1(CC#N)CCN(Cc2ccccc2)CC1. The zero-order valence-corrected chi connectivity index (χ0v) is 15.3. The van der Waals surface area contributed by atoms with Gasteiger partial charge in [0.2, 0.25) is 0 Å². The maximum Gasteiger partial charge on any atom is 0.0627 e. The van der Waals surface area contributed by atoms with Gasteiger partial charge in [0.15, 0.2) is 0 Å². The van der Waals surface area contributed by atoms with Crippen LogP contribution in [-0.4, -0.2) is 24.5 Å². The van der Waals surface area contributed by atoms with E-state index < -0.39 is 0 Å². The number of unbranched alkanes of at least 4 members (excludes halogenated alkanes) is 1. The van der Waals surface area contributed by atoms with Crippen LogP contribution < -0.4 is 0 Å². The topological polar surface area (TPSA) is 75.8 Å². The summed E-state index contributed by atoms with van der Waals surface area (Å²) < 4.78 is 0. The number of rotatable bonds is 9. The van der Waals surface area contributed by atoms with Gasteiger partial charge in [-0.1, -0.05) is 55.2 Å². The van der Waals surface area contributed by atoms with Crippen molar-refractivity contribution in [1.29, 1.82) is 5.26 Å². The molecule has 5 heteroatoms. The molecule has 2 rings (SSSR count). The minimum Gasteiger partial charge on any atom is -0.299 e. The van der Waals surface area contributed by atoms with E-state index in [0.29, 0.717) is 18.9 Å². The van der Waals surface area contributed by atoms with Crippen LogP contribution in [0.2, 0.25) is 0 Å². The largest absolute Gasteiger partial charge is 0.299 e. The zero-order valence-electron chi connectivity index (χ0n) is 15.3. The van der Waals surface area contributed by atoms with Gasteiger partial charge in [0, 0.05) is 24.4 Å². The smallest absolute Gasteiger partial charge is 0.0627 e. The Kier molecular flexibility index (Phi) is 7.78. The van der Waals surface area contributed by atoms with Crippen LogP contribution in [0.25, 0.3) is 10.4 Å². The average Bonchev–Trinajstić information content (AvgIpc) is 2.65.